The van der Waals surface area contributed by atoms with Gasteiger partial charge in [-0.15, -0.1) is 0 Å². The maximum atomic E-state index is 13.6. The standard InChI is InChI=1S/C14H19F2NS/c1-10(13-8-12(15)2-3-14(13)16)17-9-11-4-6-18-7-5-11/h2-3,8,10-11,17H,4-7,9H2,1H3. The van der Waals surface area contributed by atoms with Crippen LogP contribution in [0.15, 0.2) is 18.2 Å². The first-order chi connectivity index (χ1) is 8.66. The second-order valence-electron chi connectivity index (χ2n) is 4.85. The van der Waals surface area contributed by atoms with Crippen molar-refractivity contribution in [2.45, 2.75) is 25.8 Å². The molecule has 0 radical (unpaired) electrons. The van der Waals surface area contributed by atoms with E-state index in [1.165, 1.54) is 36.5 Å². The van der Waals surface area contributed by atoms with Gasteiger partial charge in [-0.05, 0) is 61.9 Å². The Morgan fingerprint density at radius 1 is 1.33 bits per heavy atom. The molecule has 4 heteroatoms. The highest BCUT2D eigenvalue weighted by atomic mass is 32.2. The highest BCUT2D eigenvalue weighted by Gasteiger charge is 2.16. The van der Waals surface area contributed by atoms with E-state index < -0.39 is 0 Å². The van der Waals surface area contributed by atoms with Crippen molar-refractivity contribution in [2.24, 2.45) is 5.92 Å². The van der Waals surface area contributed by atoms with Crippen LogP contribution >= 0.6 is 11.8 Å². The Morgan fingerprint density at radius 3 is 2.78 bits per heavy atom. The molecule has 2 rings (SSSR count). The zero-order valence-corrected chi connectivity index (χ0v) is 11.4. The molecule has 1 nitrogen and oxygen atoms in total. The van der Waals surface area contributed by atoms with Crippen LogP contribution in [0.5, 0.6) is 0 Å². The quantitative estimate of drug-likeness (QED) is 0.895. The largest absolute Gasteiger partial charge is 0.310 e. The summed E-state index contributed by atoms with van der Waals surface area (Å²) in [6.45, 7) is 2.77. The summed E-state index contributed by atoms with van der Waals surface area (Å²) in [6.07, 6.45) is 2.44. The Bertz CT molecular complexity index is 391. The molecule has 1 fully saturated rings. The van der Waals surface area contributed by atoms with Gasteiger partial charge in [0, 0.05) is 11.6 Å². The van der Waals surface area contributed by atoms with E-state index in [0.29, 0.717) is 11.5 Å². The van der Waals surface area contributed by atoms with Gasteiger partial charge in [-0.25, -0.2) is 8.78 Å². The lowest BCUT2D eigenvalue weighted by atomic mass is 10.0. The summed E-state index contributed by atoms with van der Waals surface area (Å²) in [7, 11) is 0. The Labute approximate surface area is 111 Å². The van der Waals surface area contributed by atoms with E-state index in [9.17, 15) is 8.78 Å². The number of benzene rings is 1. The Hall–Kier alpha value is -0.610. The second-order valence-corrected chi connectivity index (χ2v) is 6.08. The van der Waals surface area contributed by atoms with E-state index in [1.807, 2.05) is 18.7 Å². The number of hydrogen-bond donors (Lipinski definition) is 1. The molecule has 1 heterocycles. The SMILES string of the molecule is CC(NCC1CCSCC1)c1cc(F)ccc1F. The summed E-state index contributed by atoms with van der Waals surface area (Å²) in [5, 5.41) is 3.32. The first-order valence-corrected chi connectivity index (χ1v) is 7.58. The van der Waals surface area contributed by atoms with Crippen LogP contribution in [0, 0.1) is 17.6 Å². The number of halogens is 2. The minimum absolute atomic E-state index is 0.143. The highest BCUT2D eigenvalue weighted by Crippen LogP contribution is 2.23. The maximum absolute atomic E-state index is 13.6. The number of rotatable bonds is 4. The van der Waals surface area contributed by atoms with Crippen molar-refractivity contribution in [3.05, 3.63) is 35.4 Å². The summed E-state index contributed by atoms with van der Waals surface area (Å²) in [4.78, 5) is 0. The summed E-state index contributed by atoms with van der Waals surface area (Å²) < 4.78 is 26.7. The highest BCUT2D eigenvalue weighted by molar-refractivity contribution is 7.99. The van der Waals surface area contributed by atoms with E-state index in [2.05, 4.69) is 5.32 Å². The molecule has 0 aliphatic carbocycles. The molecule has 1 aromatic carbocycles. The normalized spacial score (nSPS) is 18.8. The van der Waals surface area contributed by atoms with Gasteiger partial charge in [-0.1, -0.05) is 0 Å². The lowest BCUT2D eigenvalue weighted by Crippen LogP contribution is -2.28. The molecular formula is C14H19F2NS. The van der Waals surface area contributed by atoms with Gasteiger partial charge >= 0.3 is 0 Å². The fourth-order valence-corrected chi connectivity index (χ4v) is 3.45. The van der Waals surface area contributed by atoms with Crippen LogP contribution in [-0.2, 0) is 0 Å². The molecule has 0 saturated carbocycles. The number of hydrogen-bond acceptors (Lipinski definition) is 2. The topological polar surface area (TPSA) is 12.0 Å². The Balaban J connectivity index is 1.90. The lowest BCUT2D eigenvalue weighted by molar-refractivity contribution is 0.414. The van der Waals surface area contributed by atoms with Crippen molar-refractivity contribution in [3.8, 4) is 0 Å². The van der Waals surface area contributed by atoms with Crippen LogP contribution in [0.2, 0.25) is 0 Å². The van der Waals surface area contributed by atoms with Crippen LogP contribution in [0.4, 0.5) is 8.78 Å². The first-order valence-electron chi connectivity index (χ1n) is 6.43. The molecule has 0 amide bonds. The summed E-state index contributed by atoms with van der Waals surface area (Å²) in [5.41, 5.74) is 0.417. The van der Waals surface area contributed by atoms with Crippen LogP contribution in [-0.4, -0.2) is 18.1 Å². The third-order valence-corrected chi connectivity index (χ3v) is 4.53. The predicted molar refractivity (Wildman–Crippen MR) is 72.8 cm³/mol. The minimum atomic E-state index is -0.380. The zero-order chi connectivity index (χ0) is 13.0. The van der Waals surface area contributed by atoms with Crippen molar-refractivity contribution in [1.29, 1.82) is 0 Å². The van der Waals surface area contributed by atoms with Crippen molar-refractivity contribution in [3.63, 3.8) is 0 Å². The van der Waals surface area contributed by atoms with Gasteiger partial charge in [0.1, 0.15) is 11.6 Å². The third-order valence-electron chi connectivity index (χ3n) is 3.48. The molecule has 0 aromatic heterocycles. The van der Waals surface area contributed by atoms with Crippen molar-refractivity contribution < 1.29 is 8.78 Å². The summed E-state index contributed by atoms with van der Waals surface area (Å²) >= 11 is 2.00. The van der Waals surface area contributed by atoms with E-state index >= 15 is 0 Å². The van der Waals surface area contributed by atoms with Crippen molar-refractivity contribution in [1.82, 2.24) is 5.32 Å². The fraction of sp³-hybridized carbons (Fsp3) is 0.571. The van der Waals surface area contributed by atoms with Gasteiger partial charge in [0.2, 0.25) is 0 Å². The van der Waals surface area contributed by atoms with E-state index in [0.717, 1.165) is 12.6 Å². The van der Waals surface area contributed by atoms with Crippen molar-refractivity contribution in [2.75, 3.05) is 18.1 Å². The van der Waals surface area contributed by atoms with Crippen LogP contribution in [0.1, 0.15) is 31.4 Å². The van der Waals surface area contributed by atoms with Gasteiger partial charge < -0.3 is 5.32 Å². The first kappa shape index (κ1) is 13.8. The zero-order valence-electron chi connectivity index (χ0n) is 10.6. The molecule has 1 aromatic rings. The molecule has 1 unspecified atom stereocenters. The van der Waals surface area contributed by atoms with E-state index in [4.69, 9.17) is 0 Å². The maximum Gasteiger partial charge on any atom is 0.128 e. The Morgan fingerprint density at radius 2 is 2.06 bits per heavy atom. The van der Waals surface area contributed by atoms with Gasteiger partial charge in [-0.3, -0.25) is 0 Å². The summed E-state index contributed by atoms with van der Waals surface area (Å²) in [5.74, 6) is 2.39. The van der Waals surface area contributed by atoms with E-state index in [1.54, 1.807) is 0 Å². The van der Waals surface area contributed by atoms with Crippen molar-refractivity contribution >= 4 is 11.8 Å². The lowest BCUT2D eigenvalue weighted by Gasteiger charge is -2.24. The molecule has 18 heavy (non-hydrogen) atoms. The van der Waals surface area contributed by atoms with Gasteiger partial charge in [0.05, 0.1) is 0 Å². The third kappa shape index (κ3) is 3.69. The molecule has 1 N–H and O–H groups in total. The monoisotopic (exact) mass is 271 g/mol. The molecule has 0 bridgehead atoms. The average molecular weight is 271 g/mol. The van der Waals surface area contributed by atoms with Gasteiger partial charge in [-0.2, -0.15) is 11.8 Å². The smallest absolute Gasteiger partial charge is 0.128 e. The summed E-state index contributed by atoms with van der Waals surface area (Å²) in [6, 6.07) is 3.49. The molecule has 1 aliphatic rings. The van der Waals surface area contributed by atoms with Crippen LogP contribution < -0.4 is 5.32 Å². The fourth-order valence-electron chi connectivity index (χ4n) is 2.25. The Kier molecular flexibility index (Phi) is 5.01. The second kappa shape index (κ2) is 6.53. The predicted octanol–water partition coefficient (Wildman–Crippen LogP) is 3.76. The molecule has 100 valence electrons. The van der Waals surface area contributed by atoms with Crippen LogP contribution in [0.3, 0.4) is 0 Å². The molecule has 0 spiro atoms. The molecule has 1 atom stereocenters. The average Bonchev–Trinajstić information content (AvgIpc) is 2.40. The number of nitrogens with one attached hydrogen (secondary N) is 1. The molecule has 1 saturated heterocycles. The van der Waals surface area contributed by atoms with E-state index in [-0.39, 0.29) is 17.7 Å². The van der Waals surface area contributed by atoms with Gasteiger partial charge in [0.15, 0.2) is 0 Å². The van der Waals surface area contributed by atoms with Crippen LogP contribution in [0.25, 0.3) is 0 Å². The molecule has 1 aliphatic heterocycles. The van der Waals surface area contributed by atoms with Gasteiger partial charge in [0.25, 0.3) is 0 Å². The minimum Gasteiger partial charge on any atom is -0.310 e. The molecular weight excluding hydrogens is 252 g/mol. The number of thioether (sulfide) groups is 1.